The number of fused-ring (bicyclic) bond motifs is 1. The number of halogens is 1. The quantitative estimate of drug-likeness (QED) is 0.370. The van der Waals surface area contributed by atoms with Gasteiger partial charge in [0, 0.05) is 55.4 Å². The fourth-order valence-electron chi connectivity index (χ4n) is 5.38. The Hall–Kier alpha value is -3.53. The van der Waals surface area contributed by atoms with Crippen molar-refractivity contribution in [2.75, 3.05) is 61.1 Å². The van der Waals surface area contributed by atoms with Gasteiger partial charge in [-0.25, -0.2) is 0 Å². The summed E-state index contributed by atoms with van der Waals surface area (Å²) in [7, 11) is 6.73. The Balaban J connectivity index is 0.00000353. The van der Waals surface area contributed by atoms with Crippen molar-refractivity contribution in [1.29, 1.82) is 0 Å². The predicted octanol–water partition coefficient (Wildman–Crippen LogP) is -0.124. The van der Waals surface area contributed by atoms with E-state index in [0.717, 1.165) is 62.2 Å². The number of aryl methyl sites for hydroxylation is 1. The van der Waals surface area contributed by atoms with Crippen LogP contribution in [0.15, 0.2) is 42.6 Å². The molecule has 0 bridgehead atoms. The van der Waals surface area contributed by atoms with E-state index in [0.29, 0.717) is 28.4 Å². The Kier molecular flexibility index (Phi) is 8.84. The number of rotatable bonds is 9. The van der Waals surface area contributed by atoms with Gasteiger partial charge >= 0.3 is 0 Å². The van der Waals surface area contributed by atoms with Crippen molar-refractivity contribution < 1.29 is 36.2 Å². The predicted molar refractivity (Wildman–Crippen MR) is 147 cm³/mol. The molecule has 2 aromatic carbocycles. The van der Waals surface area contributed by atoms with E-state index in [-0.39, 0.29) is 18.0 Å². The van der Waals surface area contributed by atoms with Gasteiger partial charge in [-0.3, -0.25) is 14.9 Å². The Bertz CT molecular complexity index is 1380. The third kappa shape index (κ3) is 5.48. The van der Waals surface area contributed by atoms with Gasteiger partial charge in [0.2, 0.25) is 5.75 Å². The summed E-state index contributed by atoms with van der Waals surface area (Å²) in [4.78, 5) is 31.2. The molecule has 0 aliphatic carbocycles. The summed E-state index contributed by atoms with van der Waals surface area (Å²) in [5.74, 6) is 0.368. The molecular formula is C29H34ClN4O5-. The smallest absolute Gasteiger partial charge is 0.259 e. The number of carbonyl (C=O) groups is 2. The van der Waals surface area contributed by atoms with Gasteiger partial charge < -0.3 is 41.0 Å². The van der Waals surface area contributed by atoms with Crippen LogP contribution < -0.4 is 31.9 Å². The molecule has 1 fully saturated rings. The molecule has 0 saturated carbocycles. The van der Waals surface area contributed by atoms with Crippen molar-refractivity contribution in [2.45, 2.75) is 13.0 Å². The zero-order valence-electron chi connectivity index (χ0n) is 22.8. The topological polar surface area (TPSA) is 85.3 Å². The van der Waals surface area contributed by atoms with Crippen LogP contribution in [0.2, 0.25) is 0 Å². The van der Waals surface area contributed by atoms with Crippen LogP contribution in [0.4, 0.5) is 0 Å². The lowest BCUT2D eigenvalue weighted by Crippen LogP contribution is -3.00. The molecule has 9 nitrogen and oxygen atoms in total. The van der Waals surface area contributed by atoms with Crippen molar-refractivity contribution in [1.82, 2.24) is 19.7 Å². The first-order valence-corrected chi connectivity index (χ1v) is 12.8. The van der Waals surface area contributed by atoms with Crippen LogP contribution in [-0.2, 0) is 16.1 Å². The number of aromatic nitrogens is 1. The number of ether oxygens (including phenoxy) is 3. The number of para-hydroxylation sites is 1. The minimum atomic E-state index is -0.453. The van der Waals surface area contributed by atoms with E-state index in [1.807, 2.05) is 24.4 Å². The molecule has 5 rings (SSSR count). The van der Waals surface area contributed by atoms with E-state index in [1.165, 1.54) is 21.3 Å². The van der Waals surface area contributed by atoms with Crippen LogP contribution in [0.3, 0.4) is 0 Å². The Morgan fingerprint density at radius 3 is 2.13 bits per heavy atom. The maximum absolute atomic E-state index is 13.2. The first-order valence-electron chi connectivity index (χ1n) is 12.8. The van der Waals surface area contributed by atoms with Gasteiger partial charge in [0.25, 0.3) is 11.8 Å². The number of benzene rings is 2. The van der Waals surface area contributed by atoms with Gasteiger partial charge in [-0.15, -0.1) is 0 Å². The number of carbonyl (C=O) groups excluding carboxylic acids is 2. The number of methoxy groups -OCH3 is 3. The van der Waals surface area contributed by atoms with Crippen LogP contribution in [0.1, 0.15) is 17.5 Å². The van der Waals surface area contributed by atoms with Crippen LogP contribution in [0.5, 0.6) is 17.2 Å². The van der Waals surface area contributed by atoms with Crippen molar-refractivity contribution in [2.24, 2.45) is 0 Å². The summed E-state index contributed by atoms with van der Waals surface area (Å²) in [5, 5.41) is 3.42. The average Bonchev–Trinajstić information content (AvgIpc) is 3.44. The molecule has 39 heavy (non-hydrogen) atoms. The summed E-state index contributed by atoms with van der Waals surface area (Å²) >= 11 is 0. The number of likely N-dealkylation sites (N-methyl/N-ethyl adjacent to an activating group) is 1. The third-order valence-electron chi connectivity index (χ3n) is 7.41. The zero-order chi connectivity index (χ0) is 26.8. The molecule has 1 saturated heterocycles. The number of imide groups is 1. The maximum Gasteiger partial charge on any atom is 0.259 e. The molecule has 3 aromatic rings. The summed E-state index contributed by atoms with van der Waals surface area (Å²) in [5.41, 5.74) is 2.91. The number of nitrogens with one attached hydrogen (secondary N) is 1. The molecule has 1 aromatic heterocycles. The fourth-order valence-corrected chi connectivity index (χ4v) is 5.38. The monoisotopic (exact) mass is 553 g/mol. The molecule has 0 radical (unpaired) electrons. The SMILES string of the molecule is COc1cc(C2=C(c3cn(CCCN4CCN(C)CC4)c4ccccc34)C(=O)NC2=O)cc(OC)c1OC.[Cl-]. The molecule has 2 amide bonds. The number of nitrogens with zero attached hydrogens (tertiary/aromatic N) is 3. The standard InChI is InChI=1S/C29H34N4O5.ClH/c1-31-12-14-32(15-13-31)10-7-11-33-18-21(20-8-5-6-9-22(20)33)26-25(28(34)30-29(26)35)19-16-23(36-2)27(38-4)24(17-19)37-3;/h5-6,8-9,16-18H,7,10-15H2,1-4H3,(H,30,34,35);1H/p-1. The zero-order valence-corrected chi connectivity index (χ0v) is 23.5. The third-order valence-corrected chi connectivity index (χ3v) is 7.41. The lowest BCUT2D eigenvalue weighted by Gasteiger charge is -2.32. The van der Waals surface area contributed by atoms with E-state index in [1.54, 1.807) is 12.1 Å². The summed E-state index contributed by atoms with van der Waals surface area (Å²) < 4.78 is 18.6. The van der Waals surface area contributed by atoms with E-state index in [2.05, 4.69) is 32.8 Å². The van der Waals surface area contributed by atoms with Crippen LogP contribution >= 0.6 is 0 Å². The molecule has 10 heteroatoms. The van der Waals surface area contributed by atoms with Crippen molar-refractivity contribution in [3.8, 4) is 17.2 Å². The minimum Gasteiger partial charge on any atom is -1.00 e. The first kappa shape index (κ1) is 28.5. The molecule has 1 N–H and O–H groups in total. The largest absolute Gasteiger partial charge is 1.00 e. The summed E-state index contributed by atoms with van der Waals surface area (Å²) in [6, 6.07) is 11.4. The highest BCUT2D eigenvalue weighted by Gasteiger charge is 2.35. The Morgan fingerprint density at radius 2 is 1.49 bits per heavy atom. The van der Waals surface area contributed by atoms with Gasteiger partial charge in [0.1, 0.15) is 0 Å². The van der Waals surface area contributed by atoms with Crippen molar-refractivity contribution in [3.05, 3.63) is 53.7 Å². The number of amides is 2. The number of hydrogen-bond acceptors (Lipinski definition) is 7. The van der Waals surface area contributed by atoms with Crippen LogP contribution in [0.25, 0.3) is 22.0 Å². The second-order valence-corrected chi connectivity index (χ2v) is 9.70. The Morgan fingerprint density at radius 1 is 0.846 bits per heavy atom. The highest BCUT2D eigenvalue weighted by atomic mass is 35.5. The normalized spacial score (nSPS) is 16.4. The highest BCUT2D eigenvalue weighted by Crippen LogP contribution is 2.43. The van der Waals surface area contributed by atoms with E-state index < -0.39 is 11.8 Å². The number of piperazine rings is 1. The van der Waals surface area contributed by atoms with E-state index >= 15 is 0 Å². The first-order chi connectivity index (χ1) is 18.4. The van der Waals surface area contributed by atoms with Gasteiger partial charge in [0.15, 0.2) is 11.5 Å². The molecule has 0 spiro atoms. The molecule has 0 atom stereocenters. The van der Waals surface area contributed by atoms with E-state index in [9.17, 15) is 9.59 Å². The van der Waals surface area contributed by atoms with E-state index in [4.69, 9.17) is 14.2 Å². The summed E-state index contributed by atoms with van der Waals surface area (Å²) in [6.07, 6.45) is 2.99. The Labute approximate surface area is 234 Å². The van der Waals surface area contributed by atoms with Gasteiger partial charge in [-0.05, 0) is 43.8 Å². The number of hydrogen-bond donors (Lipinski definition) is 1. The molecular weight excluding hydrogens is 520 g/mol. The lowest BCUT2D eigenvalue weighted by atomic mass is 9.95. The maximum atomic E-state index is 13.2. The highest BCUT2D eigenvalue weighted by molar-refractivity contribution is 6.50. The van der Waals surface area contributed by atoms with Crippen LogP contribution in [0, 0.1) is 0 Å². The van der Waals surface area contributed by atoms with Gasteiger partial charge in [0.05, 0.1) is 32.5 Å². The second-order valence-electron chi connectivity index (χ2n) is 9.70. The molecule has 208 valence electrons. The fraction of sp³-hybridized carbons (Fsp3) is 0.379. The van der Waals surface area contributed by atoms with Gasteiger partial charge in [-0.1, -0.05) is 18.2 Å². The molecule has 2 aliphatic heterocycles. The van der Waals surface area contributed by atoms with Crippen molar-refractivity contribution in [3.63, 3.8) is 0 Å². The molecule has 3 heterocycles. The molecule has 0 unspecified atom stereocenters. The lowest BCUT2D eigenvalue weighted by molar-refractivity contribution is -0.122. The molecule has 2 aliphatic rings. The van der Waals surface area contributed by atoms with Gasteiger partial charge in [-0.2, -0.15) is 0 Å². The average molecular weight is 554 g/mol. The summed E-state index contributed by atoms with van der Waals surface area (Å²) in [6.45, 7) is 6.20. The van der Waals surface area contributed by atoms with Crippen LogP contribution in [-0.4, -0.2) is 87.3 Å². The van der Waals surface area contributed by atoms with Crippen molar-refractivity contribution >= 4 is 33.9 Å². The minimum absolute atomic E-state index is 0. The second kappa shape index (κ2) is 12.1.